The van der Waals surface area contributed by atoms with Crippen LogP contribution in [0.2, 0.25) is 5.02 Å². The van der Waals surface area contributed by atoms with Gasteiger partial charge >= 0.3 is 0 Å². The van der Waals surface area contributed by atoms with Gasteiger partial charge in [0.2, 0.25) is 10.0 Å². The second-order valence-electron chi connectivity index (χ2n) is 4.66. The van der Waals surface area contributed by atoms with Crippen LogP contribution in [0.3, 0.4) is 0 Å². The maximum absolute atomic E-state index is 13.7. The molecular weight excluding hydrogens is 293 g/mol. The van der Waals surface area contributed by atoms with E-state index in [0.29, 0.717) is 23.6 Å². The molecule has 2 N–H and O–H groups in total. The van der Waals surface area contributed by atoms with Crippen LogP contribution < -0.4 is 5.14 Å². The van der Waals surface area contributed by atoms with Crippen LogP contribution in [0.4, 0.5) is 4.39 Å². The molecule has 1 saturated heterocycles. The Morgan fingerprint density at radius 3 is 2.84 bits per heavy atom. The fourth-order valence-corrected chi connectivity index (χ4v) is 3.77. The topological polar surface area (TPSA) is 69.4 Å². The molecule has 1 aliphatic rings. The van der Waals surface area contributed by atoms with E-state index in [1.165, 1.54) is 12.1 Å². The predicted molar refractivity (Wildman–Crippen MR) is 70.9 cm³/mol. The van der Waals surface area contributed by atoms with Crippen molar-refractivity contribution in [3.05, 3.63) is 34.6 Å². The highest BCUT2D eigenvalue weighted by molar-refractivity contribution is 7.89. The average molecular weight is 308 g/mol. The zero-order chi connectivity index (χ0) is 14.0. The predicted octanol–water partition coefficient (Wildman–Crippen LogP) is 1.72. The second-order valence-corrected chi connectivity index (χ2v) is 6.85. The zero-order valence-electron chi connectivity index (χ0n) is 10.2. The Morgan fingerprint density at radius 2 is 2.21 bits per heavy atom. The monoisotopic (exact) mass is 307 g/mol. The maximum atomic E-state index is 13.7. The number of benzene rings is 1. The molecule has 2 rings (SSSR count). The Balaban J connectivity index is 2.25. The van der Waals surface area contributed by atoms with E-state index in [0.717, 1.165) is 0 Å². The molecule has 1 heterocycles. The Labute approximate surface area is 116 Å². The van der Waals surface area contributed by atoms with Gasteiger partial charge in [0.1, 0.15) is 5.82 Å². The lowest BCUT2D eigenvalue weighted by molar-refractivity contribution is 0.0570. The molecule has 0 spiro atoms. The molecule has 0 saturated carbocycles. The fourth-order valence-electron chi connectivity index (χ4n) is 2.39. The number of ether oxygens (including phenoxy) is 1. The minimum atomic E-state index is -3.67. The van der Waals surface area contributed by atoms with Crippen molar-refractivity contribution in [1.82, 2.24) is 0 Å². The molecule has 0 aliphatic carbocycles. The summed E-state index contributed by atoms with van der Waals surface area (Å²) in [4.78, 5) is 0. The van der Waals surface area contributed by atoms with E-state index in [1.54, 1.807) is 6.07 Å². The molecule has 0 amide bonds. The first-order valence-corrected chi connectivity index (χ1v) is 7.90. The normalized spacial score (nSPS) is 24.4. The van der Waals surface area contributed by atoms with Gasteiger partial charge in [0.25, 0.3) is 0 Å². The summed E-state index contributed by atoms with van der Waals surface area (Å²) < 4.78 is 42.1. The highest BCUT2D eigenvalue weighted by Crippen LogP contribution is 2.28. The molecule has 0 aromatic heterocycles. The average Bonchev–Trinajstić information content (AvgIpc) is 2.33. The van der Waals surface area contributed by atoms with E-state index in [-0.39, 0.29) is 18.9 Å². The number of halogens is 2. The SMILES string of the molecule is NS(=O)(=O)[C@H]1CCOC[C@H]1Cc1c(F)cccc1Cl. The molecule has 1 fully saturated rings. The molecular formula is C12H15ClFNO3S. The van der Waals surface area contributed by atoms with Crippen LogP contribution in [0, 0.1) is 11.7 Å². The van der Waals surface area contributed by atoms with Gasteiger partial charge in [-0.2, -0.15) is 0 Å². The Morgan fingerprint density at radius 1 is 1.47 bits per heavy atom. The van der Waals surface area contributed by atoms with Gasteiger partial charge in [-0.25, -0.2) is 17.9 Å². The smallest absolute Gasteiger partial charge is 0.212 e. The molecule has 4 nitrogen and oxygen atoms in total. The molecule has 0 unspecified atom stereocenters. The minimum absolute atomic E-state index is 0.201. The van der Waals surface area contributed by atoms with Crippen LogP contribution in [0.25, 0.3) is 0 Å². The van der Waals surface area contributed by atoms with E-state index in [4.69, 9.17) is 21.5 Å². The van der Waals surface area contributed by atoms with Crippen LogP contribution in [0.5, 0.6) is 0 Å². The highest BCUT2D eigenvalue weighted by atomic mass is 35.5. The van der Waals surface area contributed by atoms with Crippen LogP contribution in [-0.2, 0) is 21.2 Å². The van der Waals surface area contributed by atoms with Gasteiger partial charge in [-0.3, -0.25) is 0 Å². The lowest BCUT2D eigenvalue weighted by Gasteiger charge is -2.30. The number of nitrogens with two attached hydrogens (primary N) is 1. The number of primary sulfonamides is 1. The Hall–Kier alpha value is -0.690. The van der Waals surface area contributed by atoms with Crippen LogP contribution >= 0.6 is 11.6 Å². The van der Waals surface area contributed by atoms with Crippen molar-refractivity contribution in [2.24, 2.45) is 11.1 Å². The molecule has 106 valence electrons. The van der Waals surface area contributed by atoms with E-state index in [1.807, 2.05) is 0 Å². The lowest BCUT2D eigenvalue weighted by atomic mass is 9.93. The molecule has 19 heavy (non-hydrogen) atoms. The number of rotatable bonds is 3. The maximum Gasteiger partial charge on any atom is 0.212 e. The van der Waals surface area contributed by atoms with Crippen molar-refractivity contribution in [1.29, 1.82) is 0 Å². The first-order valence-electron chi connectivity index (χ1n) is 5.92. The number of hydrogen-bond donors (Lipinski definition) is 1. The van der Waals surface area contributed by atoms with E-state index < -0.39 is 21.1 Å². The summed E-state index contributed by atoms with van der Waals surface area (Å²) in [5.74, 6) is -0.815. The molecule has 0 bridgehead atoms. The summed E-state index contributed by atoms with van der Waals surface area (Å²) in [6.07, 6.45) is 0.530. The van der Waals surface area contributed by atoms with Crippen LogP contribution in [-0.4, -0.2) is 26.9 Å². The van der Waals surface area contributed by atoms with Crippen molar-refractivity contribution in [2.75, 3.05) is 13.2 Å². The Bertz CT molecular complexity index is 544. The van der Waals surface area contributed by atoms with Crippen LogP contribution in [0.15, 0.2) is 18.2 Å². The van der Waals surface area contributed by atoms with Gasteiger partial charge in [0.05, 0.1) is 11.9 Å². The van der Waals surface area contributed by atoms with Gasteiger partial charge in [-0.15, -0.1) is 0 Å². The van der Waals surface area contributed by atoms with E-state index in [2.05, 4.69) is 0 Å². The summed E-state index contributed by atoms with van der Waals surface area (Å²) in [5, 5.41) is 4.80. The fraction of sp³-hybridized carbons (Fsp3) is 0.500. The number of sulfonamides is 1. The van der Waals surface area contributed by atoms with E-state index >= 15 is 0 Å². The van der Waals surface area contributed by atoms with Crippen molar-refractivity contribution in [2.45, 2.75) is 18.1 Å². The van der Waals surface area contributed by atoms with Crippen molar-refractivity contribution in [3.8, 4) is 0 Å². The van der Waals surface area contributed by atoms with Crippen molar-refractivity contribution in [3.63, 3.8) is 0 Å². The summed E-state index contributed by atoms with van der Waals surface area (Å²) in [6, 6.07) is 4.39. The van der Waals surface area contributed by atoms with Gasteiger partial charge in [0, 0.05) is 23.1 Å². The molecule has 2 atom stereocenters. The molecule has 1 aromatic rings. The minimum Gasteiger partial charge on any atom is -0.381 e. The zero-order valence-corrected chi connectivity index (χ0v) is 11.8. The Kier molecular flexibility index (Phi) is 4.45. The molecule has 0 radical (unpaired) electrons. The molecule has 1 aliphatic heterocycles. The highest BCUT2D eigenvalue weighted by Gasteiger charge is 2.34. The quantitative estimate of drug-likeness (QED) is 0.924. The van der Waals surface area contributed by atoms with Gasteiger partial charge in [-0.1, -0.05) is 17.7 Å². The largest absolute Gasteiger partial charge is 0.381 e. The molecule has 7 heteroatoms. The standard InChI is InChI=1S/C12H15ClFNO3S/c13-10-2-1-3-11(14)9(10)6-8-7-18-5-4-12(8)19(15,16)17/h1-3,8,12H,4-7H2,(H2,15,16,17)/t8-,12+/m1/s1. The summed E-state index contributed by atoms with van der Waals surface area (Å²) in [5.41, 5.74) is 0.313. The first kappa shape index (κ1) is 14.7. The summed E-state index contributed by atoms with van der Waals surface area (Å²) in [6.45, 7) is 0.592. The lowest BCUT2D eigenvalue weighted by Crippen LogP contribution is -2.42. The van der Waals surface area contributed by atoms with E-state index in [9.17, 15) is 12.8 Å². The second kappa shape index (κ2) is 5.75. The van der Waals surface area contributed by atoms with Gasteiger partial charge in [-0.05, 0) is 25.0 Å². The van der Waals surface area contributed by atoms with Gasteiger partial charge in [0.15, 0.2) is 0 Å². The third-order valence-corrected chi connectivity index (χ3v) is 5.17. The first-order chi connectivity index (χ1) is 8.89. The van der Waals surface area contributed by atoms with Crippen molar-refractivity contribution >= 4 is 21.6 Å². The summed E-state index contributed by atoms with van der Waals surface area (Å²) in [7, 11) is -3.67. The summed E-state index contributed by atoms with van der Waals surface area (Å²) >= 11 is 5.95. The number of hydrogen-bond acceptors (Lipinski definition) is 3. The van der Waals surface area contributed by atoms with Crippen LogP contribution in [0.1, 0.15) is 12.0 Å². The third kappa shape index (κ3) is 3.45. The molecule has 1 aromatic carbocycles. The third-order valence-electron chi connectivity index (χ3n) is 3.35. The van der Waals surface area contributed by atoms with Crippen molar-refractivity contribution < 1.29 is 17.5 Å². The van der Waals surface area contributed by atoms with Gasteiger partial charge < -0.3 is 4.74 Å².